The molecule has 3 N–H and O–H groups in total. The van der Waals surface area contributed by atoms with Gasteiger partial charge in [0.1, 0.15) is 0 Å². The van der Waals surface area contributed by atoms with Gasteiger partial charge in [-0.3, -0.25) is 5.10 Å². The van der Waals surface area contributed by atoms with Gasteiger partial charge < -0.3 is 14.8 Å². The highest BCUT2D eigenvalue weighted by Crippen LogP contribution is 2.50. The number of aliphatic carboxylic acids is 1. The second kappa shape index (κ2) is 6.58. The zero-order valence-electron chi connectivity index (χ0n) is 16.9. The van der Waals surface area contributed by atoms with Crippen LogP contribution in [0.4, 0.5) is 8.78 Å². The summed E-state index contributed by atoms with van der Waals surface area (Å²) in [4.78, 5) is 16.2. The summed E-state index contributed by atoms with van der Waals surface area (Å²) in [6.07, 6.45) is 1.74. The molecule has 3 aromatic heterocycles. The van der Waals surface area contributed by atoms with Gasteiger partial charge in [0.25, 0.3) is 0 Å². The number of hydrogen-bond donors (Lipinski definition) is 3. The van der Waals surface area contributed by atoms with E-state index in [9.17, 15) is 23.8 Å². The van der Waals surface area contributed by atoms with Gasteiger partial charge in [0, 0.05) is 28.4 Å². The van der Waals surface area contributed by atoms with Crippen LogP contribution in [0.3, 0.4) is 0 Å². The zero-order chi connectivity index (χ0) is 22.1. The molecule has 0 spiro atoms. The number of carboxylic acids is 1. The molecule has 4 aromatic rings. The molecular formula is C22H20F2N4O3. The lowest BCUT2D eigenvalue weighted by molar-refractivity contribution is -0.169. The predicted octanol–water partition coefficient (Wildman–Crippen LogP) is 4.00. The van der Waals surface area contributed by atoms with Crippen LogP contribution >= 0.6 is 0 Å². The molecule has 7 nitrogen and oxygen atoms in total. The Balaban J connectivity index is 1.82. The molecule has 0 atom stereocenters. The van der Waals surface area contributed by atoms with E-state index in [1.54, 1.807) is 6.20 Å². The third-order valence-corrected chi connectivity index (χ3v) is 6.10. The van der Waals surface area contributed by atoms with Crippen molar-refractivity contribution in [2.24, 2.45) is 0 Å². The first-order valence-corrected chi connectivity index (χ1v) is 9.99. The van der Waals surface area contributed by atoms with Gasteiger partial charge in [0.05, 0.1) is 17.2 Å². The number of carboxylic acid groups (broad SMARTS) is 1. The molecular weight excluding hydrogens is 406 g/mol. The van der Waals surface area contributed by atoms with Crippen LogP contribution in [-0.4, -0.2) is 41.5 Å². The van der Waals surface area contributed by atoms with Crippen LogP contribution in [0.15, 0.2) is 30.5 Å². The zero-order valence-corrected chi connectivity index (χ0v) is 16.9. The fourth-order valence-electron chi connectivity index (χ4n) is 4.62. The summed E-state index contributed by atoms with van der Waals surface area (Å²) in [5, 5.41) is 27.3. The molecule has 160 valence electrons. The summed E-state index contributed by atoms with van der Waals surface area (Å²) in [7, 11) is 0. The first-order valence-electron chi connectivity index (χ1n) is 9.99. The average molecular weight is 426 g/mol. The van der Waals surface area contributed by atoms with Gasteiger partial charge in [-0.2, -0.15) is 5.10 Å². The van der Waals surface area contributed by atoms with Crippen molar-refractivity contribution >= 4 is 28.0 Å². The van der Waals surface area contributed by atoms with Gasteiger partial charge >= 0.3 is 5.97 Å². The van der Waals surface area contributed by atoms with E-state index in [4.69, 9.17) is 4.98 Å². The lowest BCUT2D eigenvalue weighted by Gasteiger charge is -2.40. The highest BCUT2D eigenvalue weighted by atomic mass is 19.2. The second-order valence-electron chi connectivity index (χ2n) is 8.49. The molecule has 1 saturated carbocycles. The molecule has 1 aliphatic carbocycles. The lowest BCUT2D eigenvalue weighted by atomic mass is 9.67. The monoisotopic (exact) mass is 426 g/mol. The van der Waals surface area contributed by atoms with E-state index in [2.05, 4.69) is 10.2 Å². The van der Waals surface area contributed by atoms with Crippen LogP contribution in [0.2, 0.25) is 0 Å². The molecule has 0 amide bonds. The minimum absolute atomic E-state index is 0.0349. The van der Waals surface area contributed by atoms with E-state index in [0.29, 0.717) is 22.4 Å². The number of benzene rings is 1. The van der Waals surface area contributed by atoms with Crippen LogP contribution in [0.1, 0.15) is 49.8 Å². The van der Waals surface area contributed by atoms with E-state index in [0.717, 1.165) is 28.8 Å². The third-order valence-electron chi connectivity index (χ3n) is 6.10. The number of carbonyl (C=O) groups is 1. The molecule has 31 heavy (non-hydrogen) atoms. The molecule has 0 unspecified atom stereocenters. The van der Waals surface area contributed by atoms with Gasteiger partial charge in [0.15, 0.2) is 22.9 Å². The highest BCUT2D eigenvalue weighted by Gasteiger charge is 2.51. The number of halogens is 2. The number of pyridine rings is 1. The highest BCUT2D eigenvalue weighted by molar-refractivity contribution is 5.94. The maximum absolute atomic E-state index is 14.1. The maximum Gasteiger partial charge on any atom is 0.335 e. The Kier molecular flexibility index (Phi) is 4.17. The van der Waals surface area contributed by atoms with Crippen LogP contribution < -0.4 is 0 Å². The number of aliphatic hydroxyl groups is 1. The molecule has 9 heteroatoms. The molecule has 1 aromatic carbocycles. The predicted molar refractivity (Wildman–Crippen MR) is 109 cm³/mol. The first-order chi connectivity index (χ1) is 14.7. The topological polar surface area (TPSA) is 104 Å². The van der Waals surface area contributed by atoms with Crippen molar-refractivity contribution < 1.29 is 23.8 Å². The van der Waals surface area contributed by atoms with Gasteiger partial charge in [-0.1, -0.05) is 13.8 Å². The first kappa shape index (κ1) is 19.6. The maximum atomic E-state index is 14.1. The minimum atomic E-state index is -1.77. The summed E-state index contributed by atoms with van der Waals surface area (Å²) in [5.74, 6) is -3.42. The Morgan fingerprint density at radius 2 is 2.00 bits per heavy atom. The third kappa shape index (κ3) is 2.83. The quantitative estimate of drug-likeness (QED) is 0.458. The smallest absolute Gasteiger partial charge is 0.335 e. The van der Waals surface area contributed by atoms with Crippen molar-refractivity contribution in [2.75, 3.05) is 0 Å². The summed E-state index contributed by atoms with van der Waals surface area (Å²) in [5.41, 5.74) is 2.19. The van der Waals surface area contributed by atoms with Gasteiger partial charge in [-0.25, -0.2) is 18.6 Å². The number of fused-ring (bicyclic) bond motifs is 2. The Hall–Kier alpha value is -3.33. The summed E-state index contributed by atoms with van der Waals surface area (Å²) in [6, 6.07) is 5.59. The van der Waals surface area contributed by atoms with Crippen LogP contribution in [0.5, 0.6) is 0 Å². The van der Waals surface area contributed by atoms with Gasteiger partial charge in [-0.15, -0.1) is 0 Å². The van der Waals surface area contributed by atoms with Crippen molar-refractivity contribution in [1.29, 1.82) is 0 Å². The van der Waals surface area contributed by atoms with Crippen molar-refractivity contribution in [3.8, 4) is 5.69 Å². The van der Waals surface area contributed by atoms with Crippen LogP contribution in [-0.2, 0) is 4.79 Å². The van der Waals surface area contributed by atoms with Gasteiger partial charge in [0.2, 0.25) is 0 Å². The summed E-state index contributed by atoms with van der Waals surface area (Å²) >= 11 is 0. The number of aromatic amines is 1. The number of hydrogen-bond acceptors (Lipinski definition) is 4. The summed E-state index contributed by atoms with van der Waals surface area (Å²) < 4.78 is 29.6. The number of aromatic nitrogens is 4. The average Bonchev–Trinajstić information content (AvgIpc) is 3.27. The molecule has 1 aliphatic rings. The van der Waals surface area contributed by atoms with E-state index >= 15 is 0 Å². The van der Waals surface area contributed by atoms with Gasteiger partial charge in [-0.05, 0) is 42.9 Å². The van der Waals surface area contributed by atoms with E-state index < -0.39 is 23.2 Å². The normalized spacial score (nSPS) is 21.2. The Labute approximate surface area is 175 Å². The van der Waals surface area contributed by atoms with Crippen molar-refractivity contribution in [2.45, 2.75) is 44.1 Å². The number of nitrogens with zero attached hydrogens (tertiary/aromatic N) is 3. The van der Waals surface area contributed by atoms with Crippen LogP contribution in [0, 0.1) is 11.6 Å². The molecule has 1 fully saturated rings. The fraction of sp³-hybridized carbons (Fsp3) is 0.318. The van der Waals surface area contributed by atoms with Crippen molar-refractivity contribution in [3.63, 3.8) is 0 Å². The largest absolute Gasteiger partial charge is 0.479 e. The number of nitrogens with one attached hydrogen (secondary N) is 1. The fourth-order valence-corrected chi connectivity index (χ4v) is 4.62. The van der Waals surface area contributed by atoms with E-state index in [1.165, 1.54) is 6.07 Å². The Bertz CT molecular complexity index is 1350. The Morgan fingerprint density at radius 1 is 1.26 bits per heavy atom. The molecule has 3 heterocycles. The SMILES string of the molecule is CC(C)c1c(C2CC(O)(C(=O)O)C2)c2nc3[nH]ncc3cc2n1-c1ccc(F)c(F)c1. The Morgan fingerprint density at radius 3 is 2.65 bits per heavy atom. The van der Waals surface area contributed by atoms with Crippen LogP contribution in [0.25, 0.3) is 27.8 Å². The minimum Gasteiger partial charge on any atom is -0.479 e. The van der Waals surface area contributed by atoms with E-state index in [1.807, 2.05) is 24.5 Å². The molecule has 5 rings (SSSR count). The summed E-state index contributed by atoms with van der Waals surface area (Å²) in [6.45, 7) is 3.95. The van der Waals surface area contributed by atoms with Crippen molar-refractivity contribution in [3.05, 3.63) is 53.4 Å². The molecule has 0 saturated heterocycles. The van der Waals surface area contributed by atoms with E-state index in [-0.39, 0.29) is 24.7 Å². The standard InChI is InChI=1S/C22H20F2N4O3/c1-10(2)19-17(12-7-22(31,8-12)21(29)30)18-16(5-11-9-25-27-20(11)26-18)28(19)13-3-4-14(23)15(24)6-13/h3-6,9-10,12,31H,7-8H2,1-2H3,(H,29,30)(H,25,26,27). The molecule has 0 bridgehead atoms. The van der Waals surface area contributed by atoms with Crippen molar-refractivity contribution in [1.82, 2.24) is 19.7 Å². The molecule has 0 radical (unpaired) electrons. The molecule has 0 aliphatic heterocycles. The number of rotatable bonds is 4. The number of H-pyrrole nitrogens is 1. The second-order valence-corrected chi connectivity index (χ2v) is 8.49. The lowest BCUT2D eigenvalue weighted by Crippen LogP contribution is -2.49.